The molecule has 112 valence electrons. The van der Waals surface area contributed by atoms with Crippen molar-refractivity contribution < 1.29 is 4.74 Å². The van der Waals surface area contributed by atoms with Crippen molar-refractivity contribution in [2.75, 3.05) is 6.61 Å². The fourth-order valence-corrected chi connectivity index (χ4v) is 4.50. The van der Waals surface area contributed by atoms with Gasteiger partial charge in [-0.25, -0.2) is 4.98 Å². The summed E-state index contributed by atoms with van der Waals surface area (Å²) in [6.07, 6.45) is 10.9. The van der Waals surface area contributed by atoms with Gasteiger partial charge in [0.15, 0.2) is 0 Å². The highest BCUT2D eigenvalue weighted by Gasteiger charge is 2.38. The first-order valence-corrected chi connectivity index (χ1v) is 8.81. The predicted molar refractivity (Wildman–Crippen MR) is 83.2 cm³/mol. The SMILES string of the molecule is Cc1cnc(C(C)NC2CCOC3(CCCCC3)C2)s1. The lowest BCUT2D eigenvalue weighted by Gasteiger charge is -2.44. The van der Waals surface area contributed by atoms with E-state index < -0.39 is 0 Å². The van der Waals surface area contributed by atoms with Gasteiger partial charge in [-0.05, 0) is 39.5 Å². The summed E-state index contributed by atoms with van der Waals surface area (Å²) >= 11 is 1.81. The van der Waals surface area contributed by atoms with Crippen LogP contribution in [-0.2, 0) is 4.74 Å². The van der Waals surface area contributed by atoms with Crippen molar-refractivity contribution in [2.45, 2.75) is 76.5 Å². The monoisotopic (exact) mass is 294 g/mol. The van der Waals surface area contributed by atoms with Crippen LogP contribution < -0.4 is 5.32 Å². The molecule has 0 radical (unpaired) electrons. The van der Waals surface area contributed by atoms with E-state index in [0.29, 0.717) is 12.1 Å². The van der Waals surface area contributed by atoms with Crippen LogP contribution in [0.2, 0.25) is 0 Å². The minimum Gasteiger partial charge on any atom is -0.375 e. The number of nitrogens with zero attached hydrogens (tertiary/aromatic N) is 1. The molecule has 1 N–H and O–H groups in total. The van der Waals surface area contributed by atoms with Crippen molar-refractivity contribution in [3.8, 4) is 0 Å². The van der Waals surface area contributed by atoms with Gasteiger partial charge in [-0.15, -0.1) is 11.3 Å². The maximum absolute atomic E-state index is 6.18. The van der Waals surface area contributed by atoms with Crippen LogP contribution in [0.15, 0.2) is 6.20 Å². The zero-order valence-corrected chi connectivity index (χ0v) is 13.5. The van der Waals surface area contributed by atoms with E-state index >= 15 is 0 Å². The number of aromatic nitrogens is 1. The third-order valence-corrected chi connectivity index (χ3v) is 5.85. The molecule has 1 saturated heterocycles. The molecule has 2 heterocycles. The van der Waals surface area contributed by atoms with E-state index in [-0.39, 0.29) is 5.60 Å². The van der Waals surface area contributed by atoms with E-state index in [1.807, 2.05) is 6.20 Å². The summed E-state index contributed by atoms with van der Waals surface area (Å²) in [6, 6.07) is 0.943. The van der Waals surface area contributed by atoms with Gasteiger partial charge in [0.2, 0.25) is 0 Å². The standard InChI is InChI=1S/C16H26N2OS/c1-12-11-17-15(20-12)13(2)18-14-6-9-19-16(10-14)7-4-3-5-8-16/h11,13-14,18H,3-10H2,1-2H3. The normalized spacial score (nSPS) is 27.6. The molecule has 0 aromatic carbocycles. The Bertz CT molecular complexity index is 434. The molecule has 1 saturated carbocycles. The zero-order valence-electron chi connectivity index (χ0n) is 12.7. The second-order valence-electron chi connectivity index (χ2n) is 6.48. The van der Waals surface area contributed by atoms with Crippen LogP contribution in [0.25, 0.3) is 0 Å². The molecular formula is C16H26N2OS. The third kappa shape index (κ3) is 3.23. The Morgan fingerprint density at radius 1 is 1.40 bits per heavy atom. The average molecular weight is 294 g/mol. The molecule has 2 fully saturated rings. The van der Waals surface area contributed by atoms with E-state index in [4.69, 9.17) is 4.74 Å². The molecule has 0 amide bonds. The first kappa shape index (κ1) is 14.5. The molecule has 2 unspecified atom stereocenters. The highest BCUT2D eigenvalue weighted by Crippen LogP contribution is 2.39. The molecule has 3 rings (SSSR count). The quantitative estimate of drug-likeness (QED) is 0.915. The summed E-state index contributed by atoms with van der Waals surface area (Å²) in [6.45, 7) is 5.28. The molecule has 3 nitrogen and oxygen atoms in total. The summed E-state index contributed by atoms with van der Waals surface area (Å²) < 4.78 is 6.18. The number of ether oxygens (including phenoxy) is 1. The molecule has 4 heteroatoms. The van der Waals surface area contributed by atoms with Crippen molar-refractivity contribution in [3.63, 3.8) is 0 Å². The minimum atomic E-state index is 0.187. The largest absolute Gasteiger partial charge is 0.375 e. The first-order valence-electron chi connectivity index (χ1n) is 7.99. The van der Waals surface area contributed by atoms with Gasteiger partial charge in [-0.2, -0.15) is 0 Å². The van der Waals surface area contributed by atoms with Crippen LogP contribution >= 0.6 is 11.3 Å². The number of nitrogens with one attached hydrogen (secondary N) is 1. The van der Waals surface area contributed by atoms with Crippen LogP contribution in [0.3, 0.4) is 0 Å². The van der Waals surface area contributed by atoms with E-state index in [0.717, 1.165) is 13.0 Å². The molecule has 20 heavy (non-hydrogen) atoms. The Morgan fingerprint density at radius 3 is 2.90 bits per heavy atom. The Morgan fingerprint density at radius 2 is 2.20 bits per heavy atom. The summed E-state index contributed by atoms with van der Waals surface area (Å²) in [5, 5.41) is 5.00. The number of hydrogen-bond acceptors (Lipinski definition) is 4. The first-order chi connectivity index (χ1) is 9.67. The van der Waals surface area contributed by atoms with Crippen molar-refractivity contribution >= 4 is 11.3 Å². The van der Waals surface area contributed by atoms with E-state index in [1.54, 1.807) is 11.3 Å². The van der Waals surface area contributed by atoms with Gasteiger partial charge in [0.05, 0.1) is 11.6 Å². The highest BCUT2D eigenvalue weighted by molar-refractivity contribution is 7.11. The topological polar surface area (TPSA) is 34.2 Å². The van der Waals surface area contributed by atoms with Crippen LogP contribution in [0, 0.1) is 6.92 Å². The predicted octanol–water partition coefficient (Wildman–Crippen LogP) is 3.98. The van der Waals surface area contributed by atoms with Gasteiger partial charge in [0.1, 0.15) is 5.01 Å². The summed E-state index contributed by atoms with van der Waals surface area (Å²) in [4.78, 5) is 5.81. The molecular weight excluding hydrogens is 268 g/mol. The van der Waals surface area contributed by atoms with Gasteiger partial charge in [-0.1, -0.05) is 19.3 Å². The summed E-state index contributed by atoms with van der Waals surface area (Å²) in [5.41, 5.74) is 0.187. The van der Waals surface area contributed by atoms with Gasteiger partial charge < -0.3 is 10.1 Å². The Labute approximate surface area is 126 Å². The number of rotatable bonds is 3. The minimum absolute atomic E-state index is 0.187. The third-order valence-electron chi connectivity index (χ3n) is 4.75. The second-order valence-corrected chi connectivity index (χ2v) is 7.75. The summed E-state index contributed by atoms with van der Waals surface area (Å²) in [5.74, 6) is 0. The molecule has 1 aromatic heterocycles. The molecule has 0 bridgehead atoms. The maximum Gasteiger partial charge on any atom is 0.109 e. The lowest BCUT2D eigenvalue weighted by molar-refractivity contribution is -0.110. The van der Waals surface area contributed by atoms with Crippen molar-refractivity contribution in [1.29, 1.82) is 0 Å². The molecule has 1 aliphatic carbocycles. The Kier molecular flexibility index (Phi) is 4.43. The molecule has 1 aliphatic heterocycles. The molecule has 1 aromatic rings. The van der Waals surface area contributed by atoms with Crippen LogP contribution in [0.1, 0.15) is 67.8 Å². The van der Waals surface area contributed by atoms with Crippen LogP contribution in [0.5, 0.6) is 0 Å². The van der Waals surface area contributed by atoms with Crippen LogP contribution in [-0.4, -0.2) is 23.2 Å². The number of hydrogen-bond donors (Lipinski definition) is 1. The highest BCUT2D eigenvalue weighted by atomic mass is 32.1. The molecule has 2 atom stereocenters. The zero-order chi connectivity index (χ0) is 14.0. The Hall–Kier alpha value is -0.450. The van der Waals surface area contributed by atoms with Gasteiger partial charge >= 0.3 is 0 Å². The maximum atomic E-state index is 6.18. The Balaban J connectivity index is 1.59. The van der Waals surface area contributed by atoms with Crippen LogP contribution in [0.4, 0.5) is 0 Å². The van der Waals surface area contributed by atoms with Crippen molar-refractivity contribution in [2.24, 2.45) is 0 Å². The lowest BCUT2D eigenvalue weighted by Crippen LogP contribution is -2.48. The number of aryl methyl sites for hydroxylation is 1. The average Bonchev–Trinajstić information content (AvgIpc) is 2.86. The van der Waals surface area contributed by atoms with Gasteiger partial charge in [-0.3, -0.25) is 0 Å². The fraction of sp³-hybridized carbons (Fsp3) is 0.812. The van der Waals surface area contributed by atoms with E-state index in [1.165, 1.54) is 48.4 Å². The summed E-state index contributed by atoms with van der Waals surface area (Å²) in [7, 11) is 0. The lowest BCUT2D eigenvalue weighted by atomic mass is 9.78. The number of thiazole rings is 1. The van der Waals surface area contributed by atoms with Gasteiger partial charge in [0.25, 0.3) is 0 Å². The fourth-order valence-electron chi connectivity index (χ4n) is 3.71. The second kappa shape index (κ2) is 6.12. The molecule has 1 spiro atoms. The van der Waals surface area contributed by atoms with Crippen molar-refractivity contribution in [3.05, 3.63) is 16.1 Å². The molecule has 2 aliphatic rings. The van der Waals surface area contributed by atoms with E-state index in [2.05, 4.69) is 24.1 Å². The van der Waals surface area contributed by atoms with E-state index in [9.17, 15) is 0 Å². The van der Waals surface area contributed by atoms with Gasteiger partial charge in [0, 0.05) is 23.7 Å². The van der Waals surface area contributed by atoms with Crippen molar-refractivity contribution in [1.82, 2.24) is 10.3 Å². The smallest absolute Gasteiger partial charge is 0.109 e.